The van der Waals surface area contributed by atoms with Crippen molar-refractivity contribution >= 4 is 38.3 Å². The van der Waals surface area contributed by atoms with Crippen LogP contribution in [0, 0.1) is 33.1 Å². The molecule has 0 amide bonds. The summed E-state index contributed by atoms with van der Waals surface area (Å²) in [6.45, 7) is 7.40. The van der Waals surface area contributed by atoms with Crippen molar-refractivity contribution in [2.75, 3.05) is 16.2 Å². The van der Waals surface area contributed by atoms with Gasteiger partial charge in [0.25, 0.3) is 10.0 Å². The Morgan fingerprint density at radius 3 is 2.36 bits per heavy atom. The summed E-state index contributed by atoms with van der Waals surface area (Å²) < 4.78 is 29.3. The molecular weight excluding hydrogens is 438 g/mol. The molecule has 33 heavy (non-hydrogen) atoms. The number of hydrogen-bond donors (Lipinski definition) is 2. The van der Waals surface area contributed by atoms with Crippen LogP contribution in [0.5, 0.6) is 0 Å². The van der Waals surface area contributed by atoms with Crippen LogP contribution in [0.25, 0.3) is 10.8 Å². The van der Waals surface area contributed by atoms with Gasteiger partial charge in [0.15, 0.2) is 0 Å². The summed E-state index contributed by atoms with van der Waals surface area (Å²) in [5.74, 6) is 2.12. The van der Waals surface area contributed by atoms with Crippen molar-refractivity contribution in [1.82, 2.24) is 4.98 Å². The van der Waals surface area contributed by atoms with Gasteiger partial charge < -0.3 is 10.0 Å². The molecule has 2 aromatic carbocycles. The number of carboxylic acid groups (broad SMARTS) is 1. The van der Waals surface area contributed by atoms with Crippen molar-refractivity contribution < 1.29 is 18.3 Å². The monoisotopic (exact) mass is 465 g/mol. The number of terminal acetylenes is 1. The van der Waals surface area contributed by atoms with E-state index in [0.717, 1.165) is 5.56 Å². The Morgan fingerprint density at radius 2 is 1.79 bits per heavy atom. The molecule has 0 spiro atoms. The quantitative estimate of drug-likeness (QED) is 0.482. The van der Waals surface area contributed by atoms with Crippen molar-refractivity contribution in [2.24, 2.45) is 0 Å². The Kier molecular flexibility index (Phi) is 6.94. The van der Waals surface area contributed by atoms with E-state index in [2.05, 4.69) is 15.6 Å². The van der Waals surface area contributed by atoms with Crippen LogP contribution in [0.2, 0.25) is 0 Å². The number of nitrogens with zero attached hydrogens (tertiary/aromatic N) is 2. The van der Waals surface area contributed by atoms with E-state index in [9.17, 15) is 18.3 Å². The van der Waals surface area contributed by atoms with Gasteiger partial charge in [-0.3, -0.25) is 9.52 Å². The molecule has 0 aliphatic rings. The number of hydrogen-bond acceptors (Lipinski definition) is 5. The number of nitrogens with one attached hydrogen (secondary N) is 1. The van der Waals surface area contributed by atoms with E-state index in [-0.39, 0.29) is 17.9 Å². The maximum absolute atomic E-state index is 13.3. The van der Waals surface area contributed by atoms with Crippen molar-refractivity contribution in [3.05, 3.63) is 59.3 Å². The highest BCUT2D eigenvalue weighted by Crippen LogP contribution is 2.33. The number of carboxylic acids is 1. The number of aliphatic carboxylic acids is 1. The molecule has 0 aliphatic heterocycles. The normalized spacial score (nSPS) is 12.2. The van der Waals surface area contributed by atoms with Gasteiger partial charge in [0.2, 0.25) is 0 Å². The number of rotatable bonds is 8. The molecule has 0 saturated heterocycles. The summed E-state index contributed by atoms with van der Waals surface area (Å²) >= 11 is 0. The van der Waals surface area contributed by atoms with Gasteiger partial charge >= 0.3 is 5.97 Å². The predicted molar refractivity (Wildman–Crippen MR) is 131 cm³/mol. The summed E-state index contributed by atoms with van der Waals surface area (Å²) in [4.78, 5) is 17.7. The van der Waals surface area contributed by atoms with Gasteiger partial charge in [-0.15, -0.1) is 6.42 Å². The van der Waals surface area contributed by atoms with Crippen LogP contribution in [0.4, 0.5) is 11.5 Å². The Labute approximate surface area is 194 Å². The number of sulfonamides is 1. The van der Waals surface area contributed by atoms with Crippen LogP contribution in [0.1, 0.15) is 30.0 Å². The molecule has 1 aromatic heterocycles. The first-order valence-corrected chi connectivity index (χ1v) is 11.9. The summed E-state index contributed by atoms with van der Waals surface area (Å²) in [7, 11) is -3.87. The van der Waals surface area contributed by atoms with E-state index >= 15 is 0 Å². The lowest BCUT2D eigenvalue weighted by atomic mass is 10.1. The number of carbonyl (C=O) groups is 1. The molecule has 3 rings (SSSR count). The topological polar surface area (TPSA) is 99.6 Å². The molecule has 0 bridgehead atoms. The molecule has 0 radical (unpaired) electrons. The number of fused-ring (bicyclic) bond motifs is 1. The molecule has 7 nitrogen and oxygen atoms in total. The average Bonchev–Trinajstić information content (AvgIpc) is 2.71. The first-order chi connectivity index (χ1) is 15.5. The number of aryl methyl sites for hydroxylation is 3. The van der Waals surface area contributed by atoms with Crippen LogP contribution in [0.15, 0.2) is 47.5 Å². The fourth-order valence-corrected chi connectivity index (χ4v) is 5.69. The van der Waals surface area contributed by atoms with Crippen LogP contribution in [-0.4, -0.2) is 37.1 Å². The Morgan fingerprint density at radius 1 is 1.18 bits per heavy atom. The Bertz CT molecular complexity index is 1340. The van der Waals surface area contributed by atoms with E-state index < -0.39 is 22.0 Å². The molecule has 0 unspecified atom stereocenters. The smallest absolute Gasteiger partial charge is 0.305 e. The summed E-state index contributed by atoms with van der Waals surface area (Å²) in [6, 6.07) is 10.5. The fraction of sp³-hybridized carbons (Fsp3) is 0.280. The minimum atomic E-state index is -3.87. The maximum Gasteiger partial charge on any atom is 0.305 e. The SMILES string of the molecule is C#CCN(c1ncc(NS(=O)(=O)c2c(C)cc(C)cc2C)c2ccccc12)[C@@H](C)CC(=O)O. The summed E-state index contributed by atoms with van der Waals surface area (Å²) in [5, 5.41) is 10.5. The van der Waals surface area contributed by atoms with Crippen molar-refractivity contribution in [3.8, 4) is 12.3 Å². The first kappa shape index (κ1) is 24.1. The van der Waals surface area contributed by atoms with Gasteiger partial charge in [0.1, 0.15) is 5.82 Å². The van der Waals surface area contributed by atoms with Crippen LogP contribution in [-0.2, 0) is 14.8 Å². The molecule has 2 N–H and O–H groups in total. The van der Waals surface area contributed by atoms with Gasteiger partial charge in [0, 0.05) is 16.8 Å². The van der Waals surface area contributed by atoms with E-state index in [1.54, 1.807) is 37.8 Å². The summed E-state index contributed by atoms with van der Waals surface area (Å²) in [5.41, 5.74) is 2.65. The minimum absolute atomic E-state index is 0.113. The first-order valence-electron chi connectivity index (χ1n) is 10.5. The third kappa shape index (κ3) is 5.10. The second kappa shape index (κ2) is 9.51. The largest absolute Gasteiger partial charge is 0.481 e. The molecule has 8 heteroatoms. The molecular formula is C25H27N3O4S. The lowest BCUT2D eigenvalue weighted by Gasteiger charge is -2.29. The van der Waals surface area contributed by atoms with Crippen molar-refractivity contribution in [3.63, 3.8) is 0 Å². The second-order valence-corrected chi connectivity index (χ2v) is 9.77. The Balaban J connectivity index is 2.11. The van der Waals surface area contributed by atoms with Gasteiger partial charge in [-0.1, -0.05) is 47.9 Å². The average molecular weight is 466 g/mol. The molecule has 3 aromatic rings. The number of pyridine rings is 1. The van der Waals surface area contributed by atoms with Crippen molar-refractivity contribution in [1.29, 1.82) is 0 Å². The molecule has 0 saturated carbocycles. The molecule has 1 atom stereocenters. The molecule has 0 fully saturated rings. The van der Waals surface area contributed by atoms with Crippen molar-refractivity contribution in [2.45, 2.75) is 45.1 Å². The highest BCUT2D eigenvalue weighted by Gasteiger charge is 2.24. The van der Waals surface area contributed by atoms with Gasteiger partial charge in [-0.05, 0) is 38.8 Å². The molecule has 172 valence electrons. The minimum Gasteiger partial charge on any atom is -0.481 e. The third-order valence-electron chi connectivity index (χ3n) is 5.43. The van der Waals surface area contributed by atoms with Crippen LogP contribution >= 0.6 is 0 Å². The molecule has 1 heterocycles. The van der Waals surface area contributed by atoms with Gasteiger partial charge in [-0.2, -0.15) is 0 Å². The predicted octanol–water partition coefficient (Wildman–Crippen LogP) is 4.26. The second-order valence-electron chi connectivity index (χ2n) is 8.15. The zero-order chi connectivity index (χ0) is 24.3. The van der Waals surface area contributed by atoms with E-state index in [1.807, 2.05) is 31.2 Å². The van der Waals surface area contributed by atoms with Crippen LogP contribution in [0.3, 0.4) is 0 Å². The zero-order valence-corrected chi connectivity index (χ0v) is 19.9. The van der Waals surface area contributed by atoms with E-state index in [0.29, 0.717) is 33.4 Å². The maximum atomic E-state index is 13.3. The van der Waals surface area contributed by atoms with Gasteiger partial charge in [-0.25, -0.2) is 13.4 Å². The standard InChI is InChI=1S/C25H27N3O4S/c1-6-11-28(19(5)14-23(29)30)25-21-10-8-7-9-20(21)22(15-26-25)27-33(31,32)24-17(3)12-16(2)13-18(24)4/h1,7-10,12-13,15,19,27H,11,14H2,2-5H3,(H,29,30)/t19-/m0/s1. The number of aromatic nitrogens is 1. The highest BCUT2D eigenvalue weighted by atomic mass is 32.2. The summed E-state index contributed by atoms with van der Waals surface area (Å²) in [6.07, 6.45) is 6.87. The Hall–Kier alpha value is -3.57. The lowest BCUT2D eigenvalue weighted by Crippen LogP contribution is -2.36. The third-order valence-corrected chi connectivity index (χ3v) is 7.10. The van der Waals surface area contributed by atoms with E-state index in [1.165, 1.54) is 6.20 Å². The van der Waals surface area contributed by atoms with Gasteiger partial charge in [0.05, 0.1) is 29.7 Å². The number of anilines is 2. The van der Waals surface area contributed by atoms with E-state index in [4.69, 9.17) is 6.42 Å². The van der Waals surface area contributed by atoms with Crippen LogP contribution < -0.4 is 9.62 Å². The zero-order valence-electron chi connectivity index (χ0n) is 19.1. The molecule has 0 aliphatic carbocycles. The fourth-order valence-electron chi connectivity index (χ4n) is 4.18. The number of benzene rings is 2. The highest BCUT2D eigenvalue weighted by molar-refractivity contribution is 7.92. The lowest BCUT2D eigenvalue weighted by molar-refractivity contribution is -0.137.